The monoisotopic (exact) mass is 573 g/mol. The van der Waals surface area contributed by atoms with E-state index in [-0.39, 0.29) is 22.8 Å². The highest BCUT2D eigenvalue weighted by Gasteiger charge is 2.24. The molecule has 1 unspecified atom stereocenters. The maximum Gasteiger partial charge on any atom is 0.267 e. The second-order valence-electron chi connectivity index (χ2n) is 9.37. The van der Waals surface area contributed by atoms with Crippen LogP contribution in [0.5, 0.6) is 0 Å². The predicted octanol–water partition coefficient (Wildman–Crippen LogP) is 4.26. The Balaban J connectivity index is 1.80. The zero-order chi connectivity index (χ0) is 30.9. The number of carbonyl (C=O) groups is 2. The van der Waals surface area contributed by atoms with Crippen LogP contribution in [0.2, 0.25) is 0 Å². The predicted molar refractivity (Wildman–Crippen MR) is 170 cm³/mol. The first-order valence-electron chi connectivity index (χ1n) is 13.5. The summed E-state index contributed by atoms with van der Waals surface area (Å²) < 4.78 is 1.47. The molecule has 10 nitrogen and oxygen atoms in total. The molecule has 0 bridgehead atoms. The minimum atomic E-state index is -0.740. The van der Waals surface area contributed by atoms with Gasteiger partial charge in [0.2, 0.25) is 5.91 Å². The molecule has 216 valence electrons. The van der Waals surface area contributed by atoms with Crippen molar-refractivity contribution >= 4 is 47.0 Å². The van der Waals surface area contributed by atoms with Crippen LogP contribution in [0.4, 0.5) is 11.5 Å². The Morgan fingerprint density at radius 1 is 1.19 bits per heavy atom. The van der Waals surface area contributed by atoms with Gasteiger partial charge in [0.1, 0.15) is 17.2 Å². The average Bonchev–Trinajstić information content (AvgIpc) is 3.01. The van der Waals surface area contributed by atoms with E-state index >= 15 is 0 Å². The van der Waals surface area contributed by atoms with Crippen molar-refractivity contribution in [3.05, 3.63) is 106 Å². The van der Waals surface area contributed by atoms with E-state index in [1.165, 1.54) is 16.8 Å². The first kappa shape index (κ1) is 30.1. The van der Waals surface area contributed by atoms with Crippen molar-refractivity contribution < 1.29 is 9.59 Å². The fourth-order valence-corrected chi connectivity index (χ4v) is 4.51. The summed E-state index contributed by atoms with van der Waals surface area (Å²) in [6.45, 7) is 10.9. The lowest BCUT2D eigenvalue weighted by atomic mass is 10.1. The number of nitrogen functional groups attached to an aromatic ring is 1. The third-order valence-corrected chi connectivity index (χ3v) is 6.47. The summed E-state index contributed by atoms with van der Waals surface area (Å²) in [5.41, 5.74) is 8.21. The number of nitrogens with two attached hydrogens (primary N) is 1. The Bertz CT molecular complexity index is 1870. The third kappa shape index (κ3) is 6.57. The van der Waals surface area contributed by atoms with Gasteiger partial charge in [-0.1, -0.05) is 54.8 Å². The molecule has 0 aliphatic carbocycles. The van der Waals surface area contributed by atoms with Gasteiger partial charge in [0, 0.05) is 30.3 Å². The highest BCUT2D eigenvalue weighted by atomic mass is 16.2. The second-order valence-corrected chi connectivity index (χ2v) is 9.37. The molecule has 2 aromatic heterocycles. The number of carbonyl (C=O) groups excluding carboxylic acids is 2. The largest absolute Gasteiger partial charge is 0.383 e. The molecular weight excluding hydrogens is 542 g/mol. The summed E-state index contributed by atoms with van der Waals surface area (Å²) >= 11 is 0. The van der Waals surface area contributed by atoms with Crippen LogP contribution in [0.3, 0.4) is 0 Å². The molecule has 1 atom stereocenters. The van der Waals surface area contributed by atoms with Gasteiger partial charge in [0.15, 0.2) is 0 Å². The van der Waals surface area contributed by atoms with E-state index in [2.05, 4.69) is 45.7 Å². The van der Waals surface area contributed by atoms with Gasteiger partial charge in [0.05, 0.1) is 28.3 Å². The fraction of sp³-hybridized carbons (Fsp3) is 0.152. The quantitative estimate of drug-likeness (QED) is 0.118. The Labute approximate surface area is 249 Å². The first-order chi connectivity index (χ1) is 20.8. The first-order valence-corrected chi connectivity index (χ1v) is 13.5. The number of amides is 2. The molecule has 0 saturated carbocycles. The van der Waals surface area contributed by atoms with E-state index in [9.17, 15) is 14.4 Å². The maximum atomic E-state index is 14.1. The standard InChI is InChI=1S/C33H31N7O3/c1-5-13-23-20-37-30(34)28(29(23)35-4)32(42)38-21(3)31-39-25-18-12-15-22(14-10-11-19-36-26(41)6-2)27(25)33(43)40(31)24-16-8-7-9-17-24/h5-9,12-13,15-18,20-21H,2,4,11,19H2,1,3H3,(H2,34,37)(H,36,41)(H,38,42)/b13-5-. The molecule has 2 amide bonds. The molecular formula is C33H31N7O3. The van der Waals surface area contributed by atoms with Crippen molar-refractivity contribution in [3.63, 3.8) is 0 Å². The third-order valence-electron chi connectivity index (χ3n) is 6.47. The summed E-state index contributed by atoms with van der Waals surface area (Å²) in [5.74, 6) is 5.53. The molecule has 0 spiro atoms. The number of pyridine rings is 1. The number of para-hydroxylation sites is 1. The van der Waals surface area contributed by atoms with Gasteiger partial charge >= 0.3 is 0 Å². The smallest absolute Gasteiger partial charge is 0.267 e. The van der Waals surface area contributed by atoms with Gasteiger partial charge in [-0.25, -0.2) is 9.97 Å². The maximum absolute atomic E-state index is 14.1. The van der Waals surface area contributed by atoms with Crippen LogP contribution in [0.15, 0.2) is 83.2 Å². The number of fused-ring (bicyclic) bond motifs is 1. The van der Waals surface area contributed by atoms with E-state index in [0.29, 0.717) is 52.2 Å². The Kier molecular flexibility index (Phi) is 9.60. The van der Waals surface area contributed by atoms with Crippen LogP contribution in [-0.2, 0) is 4.79 Å². The lowest BCUT2D eigenvalue weighted by Crippen LogP contribution is -2.34. The lowest BCUT2D eigenvalue weighted by Gasteiger charge is -2.21. The summed E-state index contributed by atoms with van der Waals surface area (Å²) in [4.78, 5) is 52.1. The number of aliphatic imine (C=N–C) groups is 1. The molecule has 0 radical (unpaired) electrons. The van der Waals surface area contributed by atoms with E-state index < -0.39 is 11.9 Å². The van der Waals surface area contributed by atoms with Gasteiger partial charge in [-0.3, -0.25) is 23.9 Å². The molecule has 4 aromatic rings. The lowest BCUT2D eigenvalue weighted by molar-refractivity contribution is -0.116. The van der Waals surface area contributed by atoms with E-state index in [4.69, 9.17) is 10.7 Å². The SMILES string of the molecule is C=CC(=O)NCCC#Cc1cccc2nc(C(C)NC(=O)c3c(N)ncc(/C=C\C)c3N=C)n(-c3ccccc3)c(=O)c12. The number of rotatable bonds is 9. The van der Waals surface area contributed by atoms with Crippen LogP contribution < -0.4 is 21.9 Å². The van der Waals surface area contributed by atoms with Crippen molar-refractivity contribution in [2.45, 2.75) is 26.3 Å². The normalized spacial score (nSPS) is 11.4. The number of benzene rings is 2. The topological polar surface area (TPSA) is 144 Å². The molecule has 0 aliphatic rings. The molecule has 10 heteroatoms. The number of nitrogens with one attached hydrogen (secondary N) is 2. The van der Waals surface area contributed by atoms with Gasteiger partial charge in [-0.05, 0) is 50.9 Å². The van der Waals surface area contributed by atoms with Crippen LogP contribution >= 0.6 is 0 Å². The summed E-state index contributed by atoms with van der Waals surface area (Å²) in [5, 5.41) is 5.92. The van der Waals surface area contributed by atoms with Gasteiger partial charge in [-0.15, -0.1) is 0 Å². The minimum absolute atomic E-state index is 0.000418. The number of hydrogen-bond acceptors (Lipinski definition) is 7. The van der Waals surface area contributed by atoms with Crippen molar-refractivity contribution in [2.75, 3.05) is 12.3 Å². The number of aromatic nitrogens is 3. The Morgan fingerprint density at radius 2 is 1.95 bits per heavy atom. The van der Waals surface area contributed by atoms with Crippen LogP contribution in [0.1, 0.15) is 53.6 Å². The zero-order valence-corrected chi connectivity index (χ0v) is 23.9. The number of hydrogen-bond donors (Lipinski definition) is 3. The average molecular weight is 574 g/mol. The van der Waals surface area contributed by atoms with Crippen molar-refractivity contribution in [1.82, 2.24) is 25.2 Å². The molecule has 2 aromatic carbocycles. The zero-order valence-electron chi connectivity index (χ0n) is 23.9. The van der Waals surface area contributed by atoms with E-state index in [1.807, 2.05) is 25.1 Å². The summed E-state index contributed by atoms with van der Waals surface area (Å²) in [6, 6.07) is 13.5. The fourth-order valence-electron chi connectivity index (χ4n) is 4.51. The molecule has 2 heterocycles. The highest BCUT2D eigenvalue weighted by molar-refractivity contribution is 6.05. The van der Waals surface area contributed by atoms with E-state index in [1.54, 1.807) is 49.4 Å². The summed E-state index contributed by atoms with van der Waals surface area (Å²) in [6.07, 6.45) is 6.65. The second kappa shape index (κ2) is 13.7. The summed E-state index contributed by atoms with van der Waals surface area (Å²) in [7, 11) is 0. The Morgan fingerprint density at radius 3 is 2.65 bits per heavy atom. The Hall–Kier alpha value is -5.82. The number of allylic oxidation sites excluding steroid dienone is 1. The van der Waals surface area contributed by atoms with Crippen molar-refractivity contribution in [2.24, 2.45) is 4.99 Å². The molecule has 4 rings (SSSR count). The van der Waals surface area contributed by atoms with Crippen molar-refractivity contribution in [1.29, 1.82) is 0 Å². The van der Waals surface area contributed by atoms with Crippen LogP contribution in [-0.4, -0.2) is 39.6 Å². The molecule has 0 aliphatic heterocycles. The molecule has 43 heavy (non-hydrogen) atoms. The van der Waals surface area contributed by atoms with E-state index in [0.717, 1.165) is 0 Å². The van der Waals surface area contributed by atoms with Crippen molar-refractivity contribution in [3.8, 4) is 17.5 Å². The highest BCUT2D eigenvalue weighted by Crippen LogP contribution is 2.29. The van der Waals surface area contributed by atoms with Gasteiger partial charge < -0.3 is 16.4 Å². The van der Waals surface area contributed by atoms with Gasteiger partial charge in [-0.2, -0.15) is 0 Å². The van der Waals surface area contributed by atoms with Crippen LogP contribution in [0, 0.1) is 11.8 Å². The minimum Gasteiger partial charge on any atom is -0.383 e. The molecule has 0 fully saturated rings. The number of anilines is 1. The van der Waals surface area contributed by atoms with Gasteiger partial charge in [0.25, 0.3) is 11.5 Å². The molecule has 4 N–H and O–H groups in total. The van der Waals surface area contributed by atoms with Crippen LogP contribution in [0.25, 0.3) is 22.7 Å². The molecule has 0 saturated heterocycles. The number of nitrogens with zero attached hydrogens (tertiary/aromatic N) is 4.